The molecule has 138 valence electrons. The molecule has 1 aliphatic heterocycles. The molecule has 0 saturated carbocycles. The van der Waals surface area contributed by atoms with Crippen LogP contribution in [0.25, 0.3) is 0 Å². The Bertz CT molecular complexity index is 937. The molecule has 4 rings (SSSR count). The molecule has 6 nitrogen and oxygen atoms in total. The molecule has 2 aromatic carbocycles. The van der Waals surface area contributed by atoms with Crippen molar-refractivity contribution in [1.29, 1.82) is 0 Å². The standard InChI is InChI=1S/C21H21N3O3/c1-26-18-9-5-8-15(16-12-19(25)23-21-17(16)13-22-24-21)20(18)27-11-10-14-6-3-2-4-7-14/h2-9,13,16H,10-12H2,1H3,(H2,22,23,24,25)/t16-/m0/s1. The zero-order valence-corrected chi connectivity index (χ0v) is 15.1. The number of aromatic nitrogens is 2. The van der Waals surface area contributed by atoms with Crippen molar-refractivity contribution < 1.29 is 14.3 Å². The predicted octanol–water partition coefficient (Wildman–Crippen LogP) is 3.51. The molecule has 3 aromatic rings. The van der Waals surface area contributed by atoms with E-state index in [1.165, 1.54) is 5.56 Å². The van der Waals surface area contributed by atoms with E-state index in [0.29, 0.717) is 30.3 Å². The molecule has 0 saturated heterocycles. The summed E-state index contributed by atoms with van der Waals surface area (Å²) in [5.74, 6) is 1.82. The van der Waals surface area contributed by atoms with Gasteiger partial charge in [0.25, 0.3) is 0 Å². The number of hydrogen-bond acceptors (Lipinski definition) is 4. The highest BCUT2D eigenvalue weighted by Crippen LogP contribution is 2.43. The lowest BCUT2D eigenvalue weighted by molar-refractivity contribution is -0.116. The maximum atomic E-state index is 12.1. The fourth-order valence-electron chi connectivity index (χ4n) is 3.46. The monoisotopic (exact) mass is 363 g/mol. The summed E-state index contributed by atoms with van der Waals surface area (Å²) in [7, 11) is 1.63. The number of anilines is 1. The highest BCUT2D eigenvalue weighted by molar-refractivity contribution is 5.94. The second-order valence-electron chi connectivity index (χ2n) is 6.47. The Hall–Kier alpha value is -3.28. The third kappa shape index (κ3) is 3.51. The Kier molecular flexibility index (Phi) is 4.78. The molecule has 2 N–H and O–H groups in total. The van der Waals surface area contributed by atoms with Crippen LogP contribution in [0.1, 0.15) is 29.0 Å². The van der Waals surface area contributed by atoms with Crippen LogP contribution >= 0.6 is 0 Å². The van der Waals surface area contributed by atoms with E-state index in [0.717, 1.165) is 17.5 Å². The lowest BCUT2D eigenvalue weighted by Crippen LogP contribution is -2.23. The van der Waals surface area contributed by atoms with E-state index in [1.54, 1.807) is 13.3 Å². The van der Waals surface area contributed by atoms with Gasteiger partial charge in [-0.3, -0.25) is 9.89 Å². The quantitative estimate of drug-likeness (QED) is 0.703. The van der Waals surface area contributed by atoms with Crippen LogP contribution in [0, 0.1) is 0 Å². The van der Waals surface area contributed by atoms with Gasteiger partial charge < -0.3 is 14.8 Å². The number of methoxy groups -OCH3 is 1. The van der Waals surface area contributed by atoms with Gasteiger partial charge in [-0.25, -0.2) is 0 Å². The van der Waals surface area contributed by atoms with Gasteiger partial charge in [-0.05, 0) is 11.6 Å². The van der Waals surface area contributed by atoms with E-state index in [9.17, 15) is 4.79 Å². The average Bonchev–Trinajstić information content (AvgIpc) is 3.16. The van der Waals surface area contributed by atoms with Gasteiger partial charge in [-0.15, -0.1) is 0 Å². The fourth-order valence-corrected chi connectivity index (χ4v) is 3.46. The minimum Gasteiger partial charge on any atom is -0.493 e. The summed E-state index contributed by atoms with van der Waals surface area (Å²) < 4.78 is 11.7. The number of para-hydroxylation sites is 1. The number of nitrogens with one attached hydrogen (secondary N) is 2. The van der Waals surface area contributed by atoms with Crippen LogP contribution in [0.15, 0.2) is 54.7 Å². The third-order valence-electron chi connectivity index (χ3n) is 4.78. The summed E-state index contributed by atoms with van der Waals surface area (Å²) in [6.07, 6.45) is 2.89. The molecule has 6 heteroatoms. The molecule has 0 radical (unpaired) electrons. The van der Waals surface area contributed by atoms with Crippen LogP contribution in [0.5, 0.6) is 11.5 Å². The Morgan fingerprint density at radius 3 is 2.78 bits per heavy atom. The number of benzene rings is 2. The molecule has 27 heavy (non-hydrogen) atoms. The van der Waals surface area contributed by atoms with Crippen molar-refractivity contribution in [3.63, 3.8) is 0 Å². The minimum atomic E-state index is -0.130. The number of H-pyrrole nitrogens is 1. The lowest BCUT2D eigenvalue weighted by atomic mass is 9.86. The number of nitrogens with zero attached hydrogens (tertiary/aromatic N) is 1. The summed E-state index contributed by atoms with van der Waals surface area (Å²) in [5, 5.41) is 9.75. The summed E-state index contributed by atoms with van der Waals surface area (Å²) in [6.45, 7) is 0.522. The van der Waals surface area contributed by atoms with E-state index in [1.807, 2.05) is 36.4 Å². The largest absolute Gasteiger partial charge is 0.493 e. The second-order valence-corrected chi connectivity index (χ2v) is 6.47. The van der Waals surface area contributed by atoms with Crippen molar-refractivity contribution in [2.75, 3.05) is 19.0 Å². The number of rotatable bonds is 6. The van der Waals surface area contributed by atoms with Crippen LogP contribution in [0.3, 0.4) is 0 Å². The average molecular weight is 363 g/mol. The molecule has 1 amide bonds. The third-order valence-corrected chi connectivity index (χ3v) is 4.78. The van der Waals surface area contributed by atoms with Crippen LogP contribution in [0.2, 0.25) is 0 Å². The Morgan fingerprint density at radius 1 is 1.11 bits per heavy atom. The minimum absolute atomic E-state index is 0.0465. The Morgan fingerprint density at radius 2 is 1.96 bits per heavy atom. The molecular formula is C21H21N3O3. The number of amides is 1. The van der Waals surface area contributed by atoms with Crippen LogP contribution in [0.4, 0.5) is 5.82 Å². The second kappa shape index (κ2) is 7.53. The first-order valence-electron chi connectivity index (χ1n) is 8.93. The SMILES string of the molecule is COc1cccc([C@@H]2CC(=O)Nc3[nH]ncc32)c1OCCc1ccccc1. The van der Waals surface area contributed by atoms with Gasteiger partial charge in [0.1, 0.15) is 5.82 Å². The first-order valence-corrected chi connectivity index (χ1v) is 8.93. The van der Waals surface area contributed by atoms with E-state index in [-0.39, 0.29) is 11.8 Å². The van der Waals surface area contributed by atoms with Gasteiger partial charge in [0.15, 0.2) is 11.5 Å². The number of hydrogen-bond donors (Lipinski definition) is 2. The van der Waals surface area contributed by atoms with Crippen LogP contribution in [-0.2, 0) is 11.2 Å². The molecule has 0 aliphatic carbocycles. The molecule has 1 aliphatic rings. The van der Waals surface area contributed by atoms with Crippen LogP contribution < -0.4 is 14.8 Å². The lowest BCUT2D eigenvalue weighted by Gasteiger charge is -2.25. The van der Waals surface area contributed by atoms with Crippen molar-refractivity contribution in [1.82, 2.24) is 10.2 Å². The van der Waals surface area contributed by atoms with Gasteiger partial charge in [-0.1, -0.05) is 42.5 Å². The first-order chi connectivity index (χ1) is 13.3. The Balaban J connectivity index is 1.63. The van der Waals surface area contributed by atoms with E-state index in [2.05, 4.69) is 27.6 Å². The van der Waals surface area contributed by atoms with E-state index < -0.39 is 0 Å². The van der Waals surface area contributed by atoms with Crippen molar-refractivity contribution in [2.24, 2.45) is 0 Å². The molecule has 1 aromatic heterocycles. The molecular weight excluding hydrogens is 342 g/mol. The molecule has 0 fully saturated rings. The summed E-state index contributed by atoms with van der Waals surface area (Å²) in [4.78, 5) is 12.1. The number of aromatic amines is 1. The van der Waals surface area contributed by atoms with E-state index >= 15 is 0 Å². The maximum Gasteiger partial charge on any atom is 0.226 e. The number of fused-ring (bicyclic) bond motifs is 1. The zero-order valence-electron chi connectivity index (χ0n) is 15.1. The highest BCUT2D eigenvalue weighted by Gasteiger charge is 2.31. The molecule has 2 heterocycles. The summed E-state index contributed by atoms with van der Waals surface area (Å²) in [5.41, 5.74) is 3.10. The highest BCUT2D eigenvalue weighted by atomic mass is 16.5. The van der Waals surface area contributed by atoms with Gasteiger partial charge in [0, 0.05) is 29.9 Å². The van der Waals surface area contributed by atoms with Gasteiger partial charge >= 0.3 is 0 Å². The van der Waals surface area contributed by atoms with Gasteiger partial charge in [0.05, 0.1) is 19.9 Å². The summed E-state index contributed by atoms with van der Waals surface area (Å²) in [6, 6.07) is 16.0. The first kappa shape index (κ1) is 17.1. The van der Waals surface area contributed by atoms with Gasteiger partial charge in [-0.2, -0.15) is 5.10 Å². The molecule has 0 bridgehead atoms. The predicted molar refractivity (Wildman–Crippen MR) is 102 cm³/mol. The molecule has 0 spiro atoms. The number of carbonyl (C=O) groups is 1. The number of ether oxygens (including phenoxy) is 2. The smallest absolute Gasteiger partial charge is 0.226 e. The topological polar surface area (TPSA) is 76.2 Å². The summed E-state index contributed by atoms with van der Waals surface area (Å²) >= 11 is 0. The fraction of sp³-hybridized carbons (Fsp3) is 0.238. The Labute approximate surface area is 157 Å². The van der Waals surface area contributed by atoms with Crippen molar-refractivity contribution in [3.8, 4) is 11.5 Å². The zero-order chi connectivity index (χ0) is 18.6. The normalized spacial score (nSPS) is 15.7. The molecule has 1 atom stereocenters. The maximum absolute atomic E-state index is 12.1. The number of carbonyl (C=O) groups excluding carboxylic acids is 1. The van der Waals surface area contributed by atoms with Crippen molar-refractivity contribution in [3.05, 3.63) is 71.4 Å². The van der Waals surface area contributed by atoms with Crippen LogP contribution in [-0.4, -0.2) is 29.8 Å². The van der Waals surface area contributed by atoms with E-state index in [4.69, 9.17) is 9.47 Å². The van der Waals surface area contributed by atoms with Crippen molar-refractivity contribution in [2.45, 2.75) is 18.8 Å². The van der Waals surface area contributed by atoms with Gasteiger partial charge in [0.2, 0.25) is 5.91 Å². The molecule has 0 unspecified atom stereocenters. The van der Waals surface area contributed by atoms with Crippen molar-refractivity contribution >= 4 is 11.7 Å².